The third-order valence-corrected chi connectivity index (χ3v) is 7.42. The number of fused-ring (bicyclic) bond motifs is 3. The van der Waals surface area contributed by atoms with Crippen molar-refractivity contribution in [3.05, 3.63) is 90.0 Å². The molecule has 0 spiro atoms. The fourth-order valence-corrected chi connectivity index (χ4v) is 5.09. The van der Waals surface area contributed by atoms with Gasteiger partial charge in [-0.2, -0.15) is 8.42 Å². The van der Waals surface area contributed by atoms with E-state index in [0.717, 1.165) is 0 Å². The Hall–Kier alpha value is -3.24. The van der Waals surface area contributed by atoms with Gasteiger partial charge in [-0.15, -0.1) is 0 Å². The molecule has 0 atom stereocenters. The summed E-state index contributed by atoms with van der Waals surface area (Å²) in [7, 11) is -2.11. The Labute approximate surface area is 217 Å². The lowest BCUT2D eigenvalue weighted by Crippen LogP contribution is -2.32. The highest BCUT2D eigenvalue weighted by Gasteiger charge is 2.29. The van der Waals surface area contributed by atoms with Crippen molar-refractivity contribution in [2.24, 2.45) is 0 Å². The van der Waals surface area contributed by atoms with E-state index in [4.69, 9.17) is 18.4 Å². The van der Waals surface area contributed by atoms with Crippen LogP contribution in [0.2, 0.25) is 0 Å². The molecular weight excluding hydrogens is 494 g/mol. The van der Waals surface area contributed by atoms with Crippen molar-refractivity contribution in [1.82, 2.24) is 4.90 Å². The molecule has 1 amide bonds. The quantitative estimate of drug-likeness (QED) is 0.243. The van der Waals surface area contributed by atoms with Crippen molar-refractivity contribution in [2.75, 3.05) is 53.2 Å². The predicted octanol–water partition coefficient (Wildman–Crippen LogP) is 4.31. The maximum atomic E-state index is 12.5. The van der Waals surface area contributed by atoms with Gasteiger partial charge in [0.15, 0.2) is 0 Å². The van der Waals surface area contributed by atoms with Gasteiger partial charge in [-0.25, -0.2) is 4.79 Å². The number of amides is 1. The molecule has 0 saturated heterocycles. The van der Waals surface area contributed by atoms with Gasteiger partial charge in [0.2, 0.25) is 0 Å². The van der Waals surface area contributed by atoms with Crippen LogP contribution in [0.1, 0.15) is 17.0 Å². The molecule has 1 aliphatic carbocycles. The van der Waals surface area contributed by atoms with Crippen molar-refractivity contribution in [3.63, 3.8) is 0 Å². The lowest BCUT2D eigenvalue weighted by molar-refractivity contribution is 0.0300. The van der Waals surface area contributed by atoms with Gasteiger partial charge in [0.05, 0.1) is 37.9 Å². The van der Waals surface area contributed by atoms with Crippen LogP contribution in [0, 0.1) is 0 Å². The Morgan fingerprint density at radius 3 is 1.95 bits per heavy atom. The minimum Gasteiger partial charge on any atom is -0.448 e. The van der Waals surface area contributed by atoms with Gasteiger partial charge < -0.3 is 19.1 Å². The molecule has 0 aliphatic heterocycles. The molecule has 3 aromatic rings. The summed E-state index contributed by atoms with van der Waals surface area (Å²) in [5.41, 5.74) is 4.72. The minimum absolute atomic E-state index is 0.0183. The van der Waals surface area contributed by atoms with Crippen LogP contribution in [-0.2, 0) is 28.5 Å². The number of carbonyl (C=O) groups excluding carboxylic acids is 1. The number of nitrogens with zero attached hydrogens (tertiary/aromatic N) is 1. The van der Waals surface area contributed by atoms with Crippen LogP contribution in [0.4, 0.5) is 4.79 Å². The normalized spacial score (nSPS) is 12.7. The Morgan fingerprint density at radius 1 is 0.757 bits per heavy atom. The molecule has 0 fully saturated rings. The van der Waals surface area contributed by atoms with E-state index in [9.17, 15) is 13.2 Å². The smallest absolute Gasteiger partial charge is 0.409 e. The standard InChI is InChI=1S/C28H31NO7S/c1-29(15-16-33-17-18-34-19-20-36-37(31,32)22-9-3-2-4-10-22)28(30)35-21-27-25-13-7-5-11-23(25)24-12-6-8-14-26(24)27/h2-14,27H,15-21H2,1H3. The summed E-state index contributed by atoms with van der Waals surface area (Å²) in [5, 5.41) is 0. The molecule has 9 heteroatoms. The van der Waals surface area contributed by atoms with Gasteiger partial charge >= 0.3 is 6.09 Å². The highest BCUT2D eigenvalue weighted by Crippen LogP contribution is 2.44. The molecule has 0 N–H and O–H groups in total. The molecular formula is C28H31NO7S. The summed E-state index contributed by atoms with van der Waals surface area (Å²) >= 11 is 0. The van der Waals surface area contributed by atoms with E-state index >= 15 is 0 Å². The number of benzene rings is 3. The second-order valence-electron chi connectivity index (χ2n) is 8.54. The molecule has 4 rings (SSSR count). The molecule has 0 heterocycles. The van der Waals surface area contributed by atoms with Crippen molar-refractivity contribution < 1.29 is 31.6 Å². The molecule has 3 aromatic carbocycles. The summed E-state index contributed by atoms with van der Waals surface area (Å²) < 4.78 is 45.5. The van der Waals surface area contributed by atoms with Crippen LogP contribution in [0.3, 0.4) is 0 Å². The van der Waals surface area contributed by atoms with Crippen molar-refractivity contribution in [2.45, 2.75) is 10.8 Å². The van der Waals surface area contributed by atoms with E-state index in [0.29, 0.717) is 19.8 Å². The van der Waals surface area contributed by atoms with E-state index < -0.39 is 16.2 Å². The van der Waals surface area contributed by atoms with E-state index in [2.05, 4.69) is 24.3 Å². The number of hydrogen-bond donors (Lipinski definition) is 0. The topological polar surface area (TPSA) is 91.4 Å². The highest BCUT2D eigenvalue weighted by molar-refractivity contribution is 7.86. The molecule has 37 heavy (non-hydrogen) atoms. The molecule has 0 saturated carbocycles. The second kappa shape index (κ2) is 12.8. The Bertz CT molecular complexity index is 1230. The average Bonchev–Trinajstić information content (AvgIpc) is 3.24. The average molecular weight is 526 g/mol. The maximum Gasteiger partial charge on any atom is 0.409 e. The number of ether oxygens (including phenoxy) is 3. The summed E-state index contributed by atoms with van der Waals surface area (Å²) in [6.45, 7) is 1.59. The monoisotopic (exact) mass is 525 g/mol. The third kappa shape index (κ3) is 6.95. The summed E-state index contributed by atoms with van der Waals surface area (Å²) in [4.78, 5) is 14.1. The van der Waals surface area contributed by atoms with Gasteiger partial charge in [0.1, 0.15) is 6.61 Å². The molecule has 0 bridgehead atoms. The Balaban J connectivity index is 1.09. The molecule has 196 valence electrons. The highest BCUT2D eigenvalue weighted by atomic mass is 32.2. The zero-order chi connectivity index (χ0) is 26.1. The van der Waals surface area contributed by atoms with Gasteiger partial charge in [-0.3, -0.25) is 4.18 Å². The number of rotatable bonds is 13. The first-order valence-electron chi connectivity index (χ1n) is 12.1. The minimum atomic E-state index is -3.78. The number of likely N-dealkylation sites (N-methyl/N-ethyl adjacent to an activating group) is 1. The Morgan fingerprint density at radius 2 is 1.30 bits per heavy atom. The molecule has 0 radical (unpaired) electrons. The summed E-state index contributed by atoms with van der Waals surface area (Å²) in [6.07, 6.45) is -0.404. The maximum absolute atomic E-state index is 12.5. The first-order chi connectivity index (χ1) is 18.0. The van der Waals surface area contributed by atoms with Gasteiger partial charge in [-0.05, 0) is 34.4 Å². The van der Waals surface area contributed by atoms with Gasteiger partial charge in [0.25, 0.3) is 10.1 Å². The van der Waals surface area contributed by atoms with Crippen molar-refractivity contribution in [1.29, 1.82) is 0 Å². The first-order valence-corrected chi connectivity index (χ1v) is 13.5. The first kappa shape index (κ1) is 26.8. The summed E-state index contributed by atoms with van der Waals surface area (Å²) in [5.74, 6) is 0.0183. The predicted molar refractivity (Wildman–Crippen MR) is 139 cm³/mol. The van der Waals surface area contributed by atoms with Crippen LogP contribution < -0.4 is 0 Å². The molecule has 1 aliphatic rings. The van der Waals surface area contributed by atoms with Crippen LogP contribution in [-0.4, -0.2) is 72.6 Å². The van der Waals surface area contributed by atoms with E-state index in [1.165, 1.54) is 39.3 Å². The van der Waals surface area contributed by atoms with Crippen molar-refractivity contribution in [3.8, 4) is 11.1 Å². The number of carbonyl (C=O) groups is 1. The van der Waals surface area contributed by atoms with Crippen molar-refractivity contribution >= 4 is 16.2 Å². The number of hydrogen-bond acceptors (Lipinski definition) is 7. The fraction of sp³-hybridized carbons (Fsp3) is 0.321. The lowest BCUT2D eigenvalue weighted by Gasteiger charge is -2.19. The SMILES string of the molecule is CN(CCOCCOCCOS(=O)(=O)c1ccccc1)C(=O)OCC1c2ccccc2-c2ccccc21. The van der Waals surface area contributed by atoms with E-state index in [-0.39, 0.29) is 37.2 Å². The zero-order valence-corrected chi connectivity index (χ0v) is 21.6. The van der Waals surface area contributed by atoms with Gasteiger partial charge in [-0.1, -0.05) is 66.7 Å². The third-order valence-electron chi connectivity index (χ3n) is 6.09. The fourth-order valence-electron chi connectivity index (χ4n) is 4.18. The zero-order valence-electron chi connectivity index (χ0n) is 20.7. The van der Waals surface area contributed by atoms with E-state index in [1.807, 2.05) is 24.3 Å². The molecule has 0 aromatic heterocycles. The van der Waals surface area contributed by atoms with Gasteiger partial charge in [0, 0.05) is 19.5 Å². The van der Waals surface area contributed by atoms with E-state index in [1.54, 1.807) is 25.2 Å². The summed E-state index contributed by atoms with van der Waals surface area (Å²) in [6, 6.07) is 24.4. The largest absolute Gasteiger partial charge is 0.448 e. The van der Waals surface area contributed by atoms with Crippen LogP contribution in [0.15, 0.2) is 83.8 Å². The lowest BCUT2D eigenvalue weighted by atomic mass is 9.98. The molecule has 0 unspecified atom stereocenters. The van der Waals surface area contributed by atoms with Crippen LogP contribution in [0.5, 0.6) is 0 Å². The second-order valence-corrected chi connectivity index (χ2v) is 10.2. The van der Waals surface area contributed by atoms with Crippen LogP contribution in [0.25, 0.3) is 11.1 Å². The van der Waals surface area contributed by atoms with Crippen LogP contribution >= 0.6 is 0 Å². The Kier molecular flexibility index (Phi) is 9.29. The molecule has 8 nitrogen and oxygen atoms in total.